The van der Waals surface area contributed by atoms with Crippen LogP contribution in [-0.2, 0) is 6.61 Å². The van der Waals surface area contributed by atoms with Gasteiger partial charge in [0.15, 0.2) is 6.29 Å². The second-order valence-corrected chi connectivity index (χ2v) is 6.98. The van der Waals surface area contributed by atoms with Gasteiger partial charge in [-0.25, -0.2) is 9.97 Å². The molecule has 0 amide bonds. The number of aldehydes is 1. The van der Waals surface area contributed by atoms with Crippen molar-refractivity contribution in [1.29, 1.82) is 0 Å². The quantitative estimate of drug-likeness (QED) is 0.354. The maximum absolute atomic E-state index is 11.8. The molecule has 0 spiro atoms. The van der Waals surface area contributed by atoms with Crippen LogP contribution >= 0.6 is 0 Å². The summed E-state index contributed by atoms with van der Waals surface area (Å²) in [6.45, 7) is 0.210. The Balaban J connectivity index is 1.57. The van der Waals surface area contributed by atoms with Crippen molar-refractivity contribution in [2.75, 3.05) is 0 Å². The van der Waals surface area contributed by atoms with Crippen LogP contribution in [0.5, 0.6) is 5.75 Å². The molecule has 0 aliphatic carbocycles. The molecule has 0 fully saturated rings. The Kier molecular flexibility index (Phi) is 4.66. The van der Waals surface area contributed by atoms with Gasteiger partial charge in [-0.2, -0.15) is 0 Å². The normalized spacial score (nSPS) is 10.9. The first-order chi connectivity index (χ1) is 14.8. The number of hydrogen-bond acceptors (Lipinski definition) is 4. The summed E-state index contributed by atoms with van der Waals surface area (Å²) >= 11 is 0. The fourth-order valence-corrected chi connectivity index (χ4v) is 3.63. The Morgan fingerprint density at radius 1 is 0.733 bits per heavy atom. The molecule has 0 bridgehead atoms. The number of nitrogens with zero attached hydrogens (tertiary/aromatic N) is 2. The maximum Gasteiger partial charge on any atom is 0.154 e. The van der Waals surface area contributed by atoms with Crippen molar-refractivity contribution in [1.82, 2.24) is 9.97 Å². The molecule has 0 aliphatic heterocycles. The van der Waals surface area contributed by atoms with Crippen LogP contribution in [0.3, 0.4) is 0 Å². The first-order valence-corrected chi connectivity index (χ1v) is 9.74. The van der Waals surface area contributed by atoms with E-state index in [-0.39, 0.29) is 6.61 Å². The van der Waals surface area contributed by atoms with Crippen molar-refractivity contribution in [3.05, 3.63) is 102 Å². The van der Waals surface area contributed by atoms with Crippen molar-refractivity contribution < 1.29 is 9.53 Å². The van der Waals surface area contributed by atoms with Crippen molar-refractivity contribution in [3.63, 3.8) is 0 Å². The SMILES string of the molecule is O=Cc1c(OCc2nc3ccccc3nc2-c2ccccc2)ccc2ccccc12. The molecule has 5 aromatic rings. The van der Waals surface area contributed by atoms with E-state index in [2.05, 4.69) is 0 Å². The molecule has 0 atom stereocenters. The molecule has 4 nitrogen and oxygen atoms in total. The lowest BCUT2D eigenvalue weighted by atomic mass is 10.0. The third-order valence-electron chi connectivity index (χ3n) is 5.10. The zero-order valence-corrected chi connectivity index (χ0v) is 16.2. The average Bonchev–Trinajstić information content (AvgIpc) is 2.82. The van der Waals surface area contributed by atoms with Gasteiger partial charge in [0.2, 0.25) is 0 Å². The smallest absolute Gasteiger partial charge is 0.154 e. The van der Waals surface area contributed by atoms with E-state index in [1.165, 1.54) is 0 Å². The van der Waals surface area contributed by atoms with E-state index in [0.717, 1.165) is 45.0 Å². The van der Waals surface area contributed by atoms with Gasteiger partial charge in [0.25, 0.3) is 0 Å². The minimum atomic E-state index is 0.210. The molecule has 5 rings (SSSR count). The zero-order chi connectivity index (χ0) is 20.3. The van der Waals surface area contributed by atoms with E-state index in [0.29, 0.717) is 11.3 Å². The number of para-hydroxylation sites is 2. The van der Waals surface area contributed by atoms with E-state index in [1.807, 2.05) is 91.0 Å². The molecule has 0 aliphatic rings. The van der Waals surface area contributed by atoms with Crippen LogP contribution < -0.4 is 4.74 Å². The van der Waals surface area contributed by atoms with Crippen molar-refractivity contribution in [2.24, 2.45) is 0 Å². The van der Waals surface area contributed by atoms with Gasteiger partial charge in [0.1, 0.15) is 18.1 Å². The Morgan fingerprint density at radius 3 is 2.23 bits per heavy atom. The lowest BCUT2D eigenvalue weighted by molar-refractivity contribution is 0.112. The summed E-state index contributed by atoms with van der Waals surface area (Å²) in [4.78, 5) is 21.5. The van der Waals surface area contributed by atoms with Crippen LogP contribution in [0.1, 0.15) is 16.1 Å². The summed E-state index contributed by atoms with van der Waals surface area (Å²) in [5.74, 6) is 0.540. The van der Waals surface area contributed by atoms with Gasteiger partial charge in [-0.1, -0.05) is 72.8 Å². The minimum Gasteiger partial charge on any atom is -0.486 e. The van der Waals surface area contributed by atoms with Crippen LogP contribution in [0.4, 0.5) is 0 Å². The van der Waals surface area contributed by atoms with Gasteiger partial charge in [0, 0.05) is 5.56 Å². The largest absolute Gasteiger partial charge is 0.486 e. The number of carbonyl (C=O) groups is 1. The summed E-state index contributed by atoms with van der Waals surface area (Å²) < 4.78 is 6.10. The highest BCUT2D eigenvalue weighted by atomic mass is 16.5. The molecule has 0 radical (unpaired) electrons. The molecular weight excluding hydrogens is 372 g/mol. The highest BCUT2D eigenvalue weighted by molar-refractivity contribution is 6.00. The number of fused-ring (bicyclic) bond motifs is 2. The Hall–Kier alpha value is -4.05. The highest BCUT2D eigenvalue weighted by Gasteiger charge is 2.14. The third kappa shape index (κ3) is 3.29. The number of benzene rings is 4. The Bertz CT molecular complexity index is 1360. The minimum absolute atomic E-state index is 0.210. The number of ether oxygens (including phenoxy) is 1. The molecule has 0 saturated carbocycles. The van der Waals surface area contributed by atoms with Crippen LogP contribution in [0.15, 0.2) is 91.0 Å². The average molecular weight is 390 g/mol. The first-order valence-electron chi connectivity index (χ1n) is 9.74. The molecule has 0 unspecified atom stereocenters. The molecule has 4 heteroatoms. The maximum atomic E-state index is 11.8. The number of hydrogen-bond donors (Lipinski definition) is 0. The summed E-state index contributed by atoms with van der Waals surface area (Å²) in [5.41, 5.74) is 4.67. The second kappa shape index (κ2) is 7.76. The van der Waals surface area contributed by atoms with Gasteiger partial charge in [0.05, 0.1) is 22.3 Å². The summed E-state index contributed by atoms with van der Waals surface area (Å²) in [5, 5.41) is 1.88. The van der Waals surface area contributed by atoms with Gasteiger partial charge in [-0.15, -0.1) is 0 Å². The highest BCUT2D eigenvalue weighted by Crippen LogP contribution is 2.29. The van der Waals surface area contributed by atoms with Crippen molar-refractivity contribution in [2.45, 2.75) is 6.61 Å². The van der Waals surface area contributed by atoms with E-state index in [4.69, 9.17) is 14.7 Å². The predicted molar refractivity (Wildman–Crippen MR) is 119 cm³/mol. The Morgan fingerprint density at radius 2 is 1.43 bits per heavy atom. The molecule has 1 aromatic heterocycles. The zero-order valence-electron chi connectivity index (χ0n) is 16.2. The second-order valence-electron chi connectivity index (χ2n) is 6.98. The summed E-state index contributed by atoms with van der Waals surface area (Å²) in [6, 6.07) is 29.3. The van der Waals surface area contributed by atoms with Gasteiger partial charge >= 0.3 is 0 Å². The fraction of sp³-hybridized carbons (Fsp3) is 0.0385. The van der Waals surface area contributed by atoms with E-state index < -0.39 is 0 Å². The molecule has 144 valence electrons. The van der Waals surface area contributed by atoms with Crippen LogP contribution in [-0.4, -0.2) is 16.3 Å². The number of carbonyl (C=O) groups excluding carboxylic acids is 1. The van der Waals surface area contributed by atoms with Crippen LogP contribution in [0, 0.1) is 0 Å². The molecular formula is C26H18N2O2. The molecule has 0 N–H and O–H groups in total. The monoisotopic (exact) mass is 390 g/mol. The van der Waals surface area contributed by atoms with Crippen molar-refractivity contribution in [3.8, 4) is 17.0 Å². The summed E-state index contributed by atoms with van der Waals surface area (Å²) in [7, 11) is 0. The third-order valence-corrected chi connectivity index (χ3v) is 5.10. The topological polar surface area (TPSA) is 52.1 Å². The lowest BCUT2D eigenvalue weighted by Crippen LogP contribution is -2.05. The van der Waals surface area contributed by atoms with Crippen LogP contribution in [0.2, 0.25) is 0 Å². The van der Waals surface area contributed by atoms with Crippen LogP contribution in [0.25, 0.3) is 33.1 Å². The predicted octanol–water partition coefficient (Wildman–Crippen LogP) is 5.84. The molecule has 30 heavy (non-hydrogen) atoms. The molecule has 4 aromatic carbocycles. The fourth-order valence-electron chi connectivity index (χ4n) is 3.63. The lowest BCUT2D eigenvalue weighted by Gasteiger charge is -2.13. The Labute approximate surface area is 173 Å². The molecule has 0 saturated heterocycles. The van der Waals surface area contributed by atoms with Gasteiger partial charge in [-0.05, 0) is 29.0 Å². The van der Waals surface area contributed by atoms with Crippen molar-refractivity contribution >= 4 is 28.1 Å². The van der Waals surface area contributed by atoms with Gasteiger partial charge < -0.3 is 4.74 Å². The van der Waals surface area contributed by atoms with E-state index in [9.17, 15) is 4.79 Å². The first kappa shape index (κ1) is 18.0. The number of rotatable bonds is 5. The number of aromatic nitrogens is 2. The summed E-state index contributed by atoms with van der Waals surface area (Å²) in [6.07, 6.45) is 0.849. The molecule has 1 heterocycles. The van der Waals surface area contributed by atoms with Gasteiger partial charge in [-0.3, -0.25) is 4.79 Å². The van der Waals surface area contributed by atoms with E-state index in [1.54, 1.807) is 0 Å². The standard InChI is InChI=1S/C26H18N2O2/c29-16-21-20-11-5-4-8-18(20)14-15-25(21)30-17-24-26(19-9-2-1-3-10-19)28-23-13-7-6-12-22(23)27-24/h1-16H,17H2. The van der Waals surface area contributed by atoms with E-state index >= 15 is 0 Å².